The number of carboxylic acids is 1. The highest BCUT2D eigenvalue weighted by Crippen LogP contribution is 2.36. The largest absolute Gasteiger partial charge is 0.481 e. The summed E-state index contributed by atoms with van der Waals surface area (Å²) in [7, 11) is 0. The fourth-order valence-corrected chi connectivity index (χ4v) is 3.77. The fraction of sp³-hybridized carbons (Fsp3) is 0.538. The van der Waals surface area contributed by atoms with Crippen molar-refractivity contribution in [3.05, 3.63) is 20.8 Å². The van der Waals surface area contributed by atoms with Crippen molar-refractivity contribution >= 4 is 39.1 Å². The molecule has 2 rings (SSSR count). The van der Waals surface area contributed by atoms with Crippen LogP contribution in [-0.2, 0) is 4.79 Å². The van der Waals surface area contributed by atoms with Gasteiger partial charge in [-0.3, -0.25) is 9.59 Å². The quantitative estimate of drug-likeness (QED) is 0.879. The molecule has 0 bridgehead atoms. The second kappa shape index (κ2) is 6.05. The van der Waals surface area contributed by atoms with Crippen LogP contribution in [0.3, 0.4) is 0 Å². The van der Waals surface area contributed by atoms with Gasteiger partial charge in [0.2, 0.25) is 0 Å². The molecule has 1 saturated carbocycles. The van der Waals surface area contributed by atoms with Crippen molar-refractivity contribution in [2.45, 2.75) is 32.1 Å². The minimum absolute atomic E-state index is 0.193. The molecule has 0 aromatic carbocycles. The first-order chi connectivity index (χ1) is 9.03. The molecule has 4 nitrogen and oxygen atoms in total. The molecule has 6 heteroatoms. The van der Waals surface area contributed by atoms with Crippen molar-refractivity contribution < 1.29 is 14.7 Å². The highest BCUT2D eigenvalue weighted by atomic mass is 79.9. The zero-order chi connectivity index (χ0) is 13.9. The Hall–Kier alpha value is -0.880. The third-order valence-electron chi connectivity index (χ3n) is 3.65. The minimum atomic E-state index is -0.792. The van der Waals surface area contributed by atoms with Crippen LogP contribution in [0.5, 0.6) is 0 Å². The van der Waals surface area contributed by atoms with Crippen LogP contribution in [0.2, 0.25) is 0 Å². The number of rotatable bonds is 4. The lowest BCUT2D eigenvalue weighted by Gasteiger charge is -2.33. The van der Waals surface area contributed by atoms with Crippen molar-refractivity contribution in [3.63, 3.8) is 0 Å². The molecule has 0 spiro atoms. The normalized spacial score (nSPS) is 17.9. The molecular weight excluding hydrogens is 330 g/mol. The molecule has 1 amide bonds. The Kier molecular flexibility index (Phi) is 4.62. The van der Waals surface area contributed by atoms with Crippen molar-refractivity contribution in [2.75, 3.05) is 6.54 Å². The zero-order valence-corrected chi connectivity index (χ0v) is 12.8. The van der Waals surface area contributed by atoms with Gasteiger partial charge in [-0.2, -0.15) is 0 Å². The Morgan fingerprint density at radius 2 is 2.00 bits per heavy atom. The molecule has 1 heterocycles. The van der Waals surface area contributed by atoms with Gasteiger partial charge in [0.25, 0.3) is 5.91 Å². The SMILES string of the molecule is O=C(NCC1(C(=O)O)CCCCC1)c1ccc(Br)s1. The first kappa shape index (κ1) is 14.5. The Morgan fingerprint density at radius 3 is 2.53 bits per heavy atom. The number of carbonyl (C=O) groups is 2. The van der Waals surface area contributed by atoms with Crippen LogP contribution in [0.1, 0.15) is 41.8 Å². The van der Waals surface area contributed by atoms with E-state index in [1.807, 2.05) is 6.07 Å². The maximum atomic E-state index is 12.0. The van der Waals surface area contributed by atoms with E-state index in [0.29, 0.717) is 17.7 Å². The standard InChI is InChI=1S/C13H16BrNO3S/c14-10-5-4-9(19-10)11(16)15-8-13(12(17)18)6-2-1-3-7-13/h4-5H,1-3,6-8H2,(H,15,16)(H,17,18). The Labute approximate surface area is 124 Å². The smallest absolute Gasteiger partial charge is 0.311 e. The maximum Gasteiger partial charge on any atom is 0.311 e. The number of aliphatic carboxylic acids is 1. The van der Waals surface area contributed by atoms with E-state index in [1.165, 1.54) is 11.3 Å². The molecule has 0 atom stereocenters. The molecule has 104 valence electrons. The predicted octanol–water partition coefficient (Wildman–Crippen LogP) is 3.28. The predicted molar refractivity (Wildman–Crippen MR) is 77.5 cm³/mol. The van der Waals surface area contributed by atoms with E-state index >= 15 is 0 Å². The van der Waals surface area contributed by atoms with Crippen LogP contribution in [0.25, 0.3) is 0 Å². The lowest BCUT2D eigenvalue weighted by molar-refractivity contribution is -0.150. The molecule has 1 aliphatic carbocycles. The topological polar surface area (TPSA) is 66.4 Å². The van der Waals surface area contributed by atoms with Crippen LogP contribution in [0.4, 0.5) is 0 Å². The number of hydrogen-bond acceptors (Lipinski definition) is 3. The zero-order valence-electron chi connectivity index (χ0n) is 10.4. The van der Waals surface area contributed by atoms with E-state index in [9.17, 15) is 14.7 Å². The van der Waals surface area contributed by atoms with Crippen molar-refractivity contribution in [3.8, 4) is 0 Å². The minimum Gasteiger partial charge on any atom is -0.481 e. The summed E-state index contributed by atoms with van der Waals surface area (Å²) < 4.78 is 0.892. The summed E-state index contributed by atoms with van der Waals surface area (Å²) in [6, 6.07) is 3.55. The number of carboxylic acid groups (broad SMARTS) is 1. The average molecular weight is 346 g/mol. The number of hydrogen-bond donors (Lipinski definition) is 2. The van der Waals surface area contributed by atoms with Gasteiger partial charge in [-0.25, -0.2) is 0 Å². The molecule has 19 heavy (non-hydrogen) atoms. The van der Waals surface area contributed by atoms with Gasteiger partial charge in [-0.1, -0.05) is 19.3 Å². The van der Waals surface area contributed by atoms with Crippen molar-refractivity contribution in [1.29, 1.82) is 0 Å². The summed E-state index contributed by atoms with van der Waals surface area (Å²) in [4.78, 5) is 24.0. The van der Waals surface area contributed by atoms with Crippen LogP contribution in [0.15, 0.2) is 15.9 Å². The molecule has 1 aromatic heterocycles. The molecule has 0 saturated heterocycles. The molecule has 1 fully saturated rings. The summed E-state index contributed by atoms with van der Waals surface area (Å²) in [5, 5.41) is 12.2. The average Bonchev–Trinajstić information content (AvgIpc) is 2.83. The molecular formula is C13H16BrNO3S. The van der Waals surface area contributed by atoms with Gasteiger partial charge in [0, 0.05) is 6.54 Å². The molecule has 0 unspecified atom stereocenters. The summed E-state index contributed by atoms with van der Waals surface area (Å²) in [5.74, 6) is -0.984. The van der Waals surface area contributed by atoms with Crippen LogP contribution >= 0.6 is 27.3 Å². The third kappa shape index (κ3) is 3.36. The molecule has 1 aliphatic rings. The first-order valence-electron chi connectivity index (χ1n) is 6.30. The van der Waals surface area contributed by atoms with E-state index in [0.717, 1.165) is 23.0 Å². The van der Waals surface area contributed by atoms with Gasteiger partial charge in [0.15, 0.2) is 0 Å². The molecule has 1 aromatic rings. The van der Waals surface area contributed by atoms with Crippen LogP contribution in [0, 0.1) is 5.41 Å². The second-order valence-electron chi connectivity index (χ2n) is 4.93. The van der Waals surface area contributed by atoms with Gasteiger partial charge in [0.05, 0.1) is 14.1 Å². The van der Waals surface area contributed by atoms with Gasteiger partial charge >= 0.3 is 5.97 Å². The van der Waals surface area contributed by atoms with Gasteiger partial charge < -0.3 is 10.4 Å². The highest BCUT2D eigenvalue weighted by molar-refractivity contribution is 9.11. The highest BCUT2D eigenvalue weighted by Gasteiger charge is 2.39. The molecule has 2 N–H and O–H groups in total. The van der Waals surface area contributed by atoms with E-state index in [4.69, 9.17) is 0 Å². The van der Waals surface area contributed by atoms with Gasteiger partial charge in [-0.05, 0) is 40.9 Å². The van der Waals surface area contributed by atoms with E-state index in [-0.39, 0.29) is 12.5 Å². The summed E-state index contributed by atoms with van der Waals surface area (Å²) >= 11 is 4.65. The lowest BCUT2D eigenvalue weighted by Crippen LogP contribution is -2.44. The maximum absolute atomic E-state index is 12.0. The van der Waals surface area contributed by atoms with Crippen LogP contribution in [-0.4, -0.2) is 23.5 Å². The Balaban J connectivity index is 1.99. The Morgan fingerprint density at radius 1 is 1.32 bits per heavy atom. The molecule has 0 aliphatic heterocycles. The van der Waals surface area contributed by atoms with E-state index < -0.39 is 11.4 Å². The molecule has 0 radical (unpaired) electrons. The van der Waals surface area contributed by atoms with E-state index in [1.54, 1.807) is 6.07 Å². The number of nitrogens with one attached hydrogen (secondary N) is 1. The number of halogens is 1. The Bertz CT molecular complexity index is 480. The second-order valence-corrected chi connectivity index (χ2v) is 7.40. The fourth-order valence-electron chi connectivity index (χ4n) is 2.47. The third-order valence-corrected chi connectivity index (χ3v) is 5.27. The van der Waals surface area contributed by atoms with Crippen molar-refractivity contribution in [2.24, 2.45) is 5.41 Å². The number of thiophene rings is 1. The summed E-state index contributed by atoms with van der Waals surface area (Å²) in [6.45, 7) is 0.219. The van der Waals surface area contributed by atoms with E-state index in [2.05, 4.69) is 21.2 Å². The van der Waals surface area contributed by atoms with Crippen LogP contribution < -0.4 is 5.32 Å². The van der Waals surface area contributed by atoms with Gasteiger partial charge in [-0.15, -0.1) is 11.3 Å². The summed E-state index contributed by atoms with van der Waals surface area (Å²) in [6.07, 6.45) is 4.23. The number of carbonyl (C=O) groups excluding carboxylic acids is 1. The first-order valence-corrected chi connectivity index (χ1v) is 7.91. The van der Waals surface area contributed by atoms with Gasteiger partial charge in [0.1, 0.15) is 0 Å². The summed E-state index contributed by atoms with van der Waals surface area (Å²) in [5.41, 5.74) is -0.775. The monoisotopic (exact) mass is 345 g/mol. The van der Waals surface area contributed by atoms with Crippen molar-refractivity contribution in [1.82, 2.24) is 5.32 Å². The lowest BCUT2D eigenvalue weighted by atomic mass is 9.74. The number of amides is 1.